The number of ether oxygens (including phenoxy) is 1. The van der Waals surface area contributed by atoms with Crippen LogP contribution in [0.5, 0.6) is 5.75 Å². The molecule has 1 N–H and O–H groups in total. The third kappa shape index (κ3) is 5.23. The minimum absolute atomic E-state index is 0.341. The molecule has 140 valence electrons. The van der Waals surface area contributed by atoms with E-state index in [1.807, 2.05) is 19.1 Å². The zero-order chi connectivity index (χ0) is 19.9. The molecule has 0 saturated heterocycles. The van der Waals surface area contributed by atoms with E-state index >= 15 is 0 Å². The molecule has 0 unspecified atom stereocenters. The average molecular weight is 485 g/mol. The molecule has 7 heteroatoms. The van der Waals surface area contributed by atoms with Crippen LogP contribution in [0, 0.1) is 10.5 Å². The summed E-state index contributed by atoms with van der Waals surface area (Å²) < 4.78 is 6.21. The molecule has 0 aliphatic heterocycles. The predicted molar refractivity (Wildman–Crippen MR) is 115 cm³/mol. The van der Waals surface area contributed by atoms with Gasteiger partial charge in [0.05, 0.1) is 17.3 Å². The largest absolute Gasteiger partial charge is 0.423 e. The molecule has 0 radical (unpaired) electrons. The average Bonchev–Trinajstić information content (AvgIpc) is 2.70. The molecule has 0 fully saturated rings. The van der Waals surface area contributed by atoms with Crippen molar-refractivity contribution in [2.45, 2.75) is 6.92 Å². The molecule has 28 heavy (non-hydrogen) atoms. The van der Waals surface area contributed by atoms with E-state index in [4.69, 9.17) is 4.74 Å². The zero-order valence-electron chi connectivity index (χ0n) is 14.9. The van der Waals surface area contributed by atoms with Gasteiger partial charge in [-0.1, -0.05) is 12.1 Å². The summed E-state index contributed by atoms with van der Waals surface area (Å²) in [4.78, 5) is 28.2. The standard InChI is InChI=1S/C21H16IN3O3/c1-14-6-9-16(13-23-14)20(26)25-24-12-15-7-10-17(11-8-15)28-21(27)18-4-2-3-5-19(18)22/h2-13H,1H3,(H,25,26)/b24-12+. The Bertz CT molecular complexity index is 1020. The molecular weight excluding hydrogens is 469 g/mol. The Balaban J connectivity index is 1.57. The molecule has 0 aliphatic rings. The highest BCUT2D eigenvalue weighted by molar-refractivity contribution is 14.1. The van der Waals surface area contributed by atoms with Gasteiger partial charge in [-0.2, -0.15) is 5.10 Å². The number of rotatable bonds is 5. The van der Waals surface area contributed by atoms with Gasteiger partial charge in [-0.15, -0.1) is 0 Å². The Kier molecular flexibility index (Phi) is 6.49. The Morgan fingerprint density at radius 3 is 2.50 bits per heavy atom. The lowest BCUT2D eigenvalue weighted by Crippen LogP contribution is -2.17. The van der Waals surface area contributed by atoms with E-state index in [0.29, 0.717) is 16.9 Å². The molecule has 3 aromatic rings. The third-order valence-corrected chi connectivity index (χ3v) is 4.68. The van der Waals surface area contributed by atoms with E-state index in [-0.39, 0.29) is 5.91 Å². The number of hydrazone groups is 1. The van der Waals surface area contributed by atoms with Gasteiger partial charge in [-0.3, -0.25) is 9.78 Å². The fourth-order valence-corrected chi connectivity index (χ4v) is 2.85. The first-order chi connectivity index (χ1) is 13.5. The van der Waals surface area contributed by atoms with Gasteiger partial charge in [0.1, 0.15) is 5.75 Å². The zero-order valence-corrected chi connectivity index (χ0v) is 17.1. The molecule has 1 heterocycles. The number of benzene rings is 2. The number of esters is 1. The van der Waals surface area contributed by atoms with Crippen molar-refractivity contribution in [1.29, 1.82) is 0 Å². The quantitative estimate of drug-likeness (QED) is 0.195. The van der Waals surface area contributed by atoms with E-state index in [1.54, 1.807) is 48.5 Å². The molecule has 6 nitrogen and oxygen atoms in total. The molecule has 3 rings (SSSR count). The van der Waals surface area contributed by atoms with E-state index in [0.717, 1.165) is 14.8 Å². The van der Waals surface area contributed by atoms with Crippen molar-refractivity contribution in [2.75, 3.05) is 0 Å². The highest BCUT2D eigenvalue weighted by atomic mass is 127. The molecule has 0 spiro atoms. The summed E-state index contributed by atoms with van der Waals surface area (Å²) >= 11 is 2.09. The number of aryl methyl sites for hydroxylation is 1. The fourth-order valence-electron chi connectivity index (χ4n) is 2.24. The Morgan fingerprint density at radius 1 is 1.07 bits per heavy atom. The SMILES string of the molecule is Cc1ccc(C(=O)N/N=C/c2ccc(OC(=O)c3ccccc3I)cc2)cn1. The Labute approximate surface area is 175 Å². The van der Waals surface area contributed by atoms with Crippen molar-refractivity contribution in [2.24, 2.45) is 5.10 Å². The highest BCUT2D eigenvalue weighted by Crippen LogP contribution is 2.17. The van der Waals surface area contributed by atoms with Gasteiger partial charge in [0.25, 0.3) is 5.91 Å². The van der Waals surface area contributed by atoms with Crippen LogP contribution in [0.2, 0.25) is 0 Å². The minimum Gasteiger partial charge on any atom is -0.423 e. The van der Waals surface area contributed by atoms with Gasteiger partial charge in [0, 0.05) is 15.5 Å². The van der Waals surface area contributed by atoms with Crippen molar-refractivity contribution in [1.82, 2.24) is 10.4 Å². The Hall–Kier alpha value is -3.07. The van der Waals surface area contributed by atoms with Crippen molar-refractivity contribution in [3.05, 3.63) is 92.8 Å². The summed E-state index contributed by atoms with van der Waals surface area (Å²) in [6.07, 6.45) is 3.00. The van der Waals surface area contributed by atoms with Gasteiger partial charge in [-0.25, -0.2) is 10.2 Å². The number of pyridine rings is 1. The summed E-state index contributed by atoms with van der Waals surface area (Å²) in [7, 11) is 0. The van der Waals surface area contributed by atoms with Crippen molar-refractivity contribution in [3.63, 3.8) is 0 Å². The molecule has 1 aromatic heterocycles. The van der Waals surface area contributed by atoms with Crippen molar-refractivity contribution < 1.29 is 14.3 Å². The molecule has 0 saturated carbocycles. The third-order valence-electron chi connectivity index (χ3n) is 3.74. The van der Waals surface area contributed by atoms with Crippen LogP contribution in [0.25, 0.3) is 0 Å². The maximum atomic E-state index is 12.2. The first kappa shape index (κ1) is 19.7. The molecule has 0 atom stereocenters. The number of nitrogens with zero attached hydrogens (tertiary/aromatic N) is 2. The lowest BCUT2D eigenvalue weighted by atomic mass is 10.2. The molecule has 2 aromatic carbocycles. The van der Waals surface area contributed by atoms with E-state index in [1.165, 1.54) is 12.4 Å². The van der Waals surface area contributed by atoms with Crippen LogP contribution in [0.15, 0.2) is 72.0 Å². The number of carbonyl (C=O) groups excluding carboxylic acids is 2. The van der Waals surface area contributed by atoms with Gasteiger partial charge >= 0.3 is 5.97 Å². The summed E-state index contributed by atoms with van der Waals surface area (Å²) in [5.41, 5.74) is 4.98. The highest BCUT2D eigenvalue weighted by Gasteiger charge is 2.11. The second kappa shape index (κ2) is 9.23. The maximum absolute atomic E-state index is 12.2. The van der Waals surface area contributed by atoms with Crippen molar-refractivity contribution >= 4 is 40.7 Å². The van der Waals surface area contributed by atoms with Crippen LogP contribution in [0.3, 0.4) is 0 Å². The number of carbonyl (C=O) groups is 2. The van der Waals surface area contributed by atoms with Crippen molar-refractivity contribution in [3.8, 4) is 5.75 Å². The first-order valence-corrected chi connectivity index (χ1v) is 9.43. The first-order valence-electron chi connectivity index (χ1n) is 8.36. The van der Waals surface area contributed by atoms with Gasteiger partial charge in [-0.05, 0) is 83.6 Å². The van der Waals surface area contributed by atoms with Crippen LogP contribution < -0.4 is 10.2 Å². The van der Waals surface area contributed by atoms with Crippen LogP contribution in [-0.2, 0) is 0 Å². The lowest BCUT2D eigenvalue weighted by molar-refractivity contribution is 0.0733. The van der Waals surface area contributed by atoms with E-state index in [2.05, 4.69) is 38.1 Å². The number of hydrogen-bond donors (Lipinski definition) is 1. The number of hydrogen-bond acceptors (Lipinski definition) is 5. The van der Waals surface area contributed by atoms with Crippen LogP contribution in [0.4, 0.5) is 0 Å². The predicted octanol–water partition coefficient (Wildman–Crippen LogP) is 3.98. The number of amides is 1. The number of halogens is 1. The summed E-state index contributed by atoms with van der Waals surface area (Å²) in [5.74, 6) is -0.325. The molecule has 1 amide bonds. The maximum Gasteiger partial charge on any atom is 0.344 e. The topological polar surface area (TPSA) is 80.6 Å². The van der Waals surface area contributed by atoms with E-state index in [9.17, 15) is 9.59 Å². The van der Waals surface area contributed by atoms with Gasteiger partial charge in [0.15, 0.2) is 0 Å². The fraction of sp³-hybridized carbons (Fsp3) is 0.0476. The van der Waals surface area contributed by atoms with E-state index < -0.39 is 5.97 Å². The van der Waals surface area contributed by atoms with Gasteiger partial charge < -0.3 is 4.74 Å². The van der Waals surface area contributed by atoms with Crippen LogP contribution >= 0.6 is 22.6 Å². The van der Waals surface area contributed by atoms with Gasteiger partial charge in [0.2, 0.25) is 0 Å². The number of nitrogens with one attached hydrogen (secondary N) is 1. The summed E-state index contributed by atoms with van der Waals surface area (Å²) in [6.45, 7) is 1.85. The summed E-state index contributed by atoms with van der Waals surface area (Å²) in [6, 6.07) is 17.5. The second-order valence-corrected chi connectivity index (χ2v) is 6.99. The number of aromatic nitrogens is 1. The van der Waals surface area contributed by atoms with Crippen LogP contribution in [-0.4, -0.2) is 23.1 Å². The molecular formula is C21H16IN3O3. The normalized spacial score (nSPS) is 10.6. The molecule has 0 bridgehead atoms. The summed E-state index contributed by atoms with van der Waals surface area (Å²) in [5, 5.41) is 3.93. The Morgan fingerprint density at radius 2 is 1.82 bits per heavy atom. The lowest BCUT2D eigenvalue weighted by Gasteiger charge is -2.06. The minimum atomic E-state index is -0.412. The monoisotopic (exact) mass is 485 g/mol. The second-order valence-electron chi connectivity index (χ2n) is 5.83. The van der Waals surface area contributed by atoms with Crippen LogP contribution in [0.1, 0.15) is 32.0 Å². The smallest absolute Gasteiger partial charge is 0.344 e. The molecule has 0 aliphatic carbocycles.